The van der Waals surface area contributed by atoms with E-state index in [4.69, 9.17) is 5.73 Å². The zero-order valence-electron chi connectivity index (χ0n) is 27.7. The first-order chi connectivity index (χ1) is 22.7. The summed E-state index contributed by atoms with van der Waals surface area (Å²) in [5.74, 6) is -4.17. The molecule has 1 aliphatic carbocycles. The Kier molecular flexibility index (Phi) is 11.9. The van der Waals surface area contributed by atoms with E-state index < -0.39 is 52.4 Å². The van der Waals surface area contributed by atoms with Crippen molar-refractivity contribution in [3.63, 3.8) is 0 Å². The first kappa shape index (κ1) is 37.3. The van der Waals surface area contributed by atoms with E-state index in [1.165, 1.54) is 17.2 Å². The summed E-state index contributed by atoms with van der Waals surface area (Å²) in [6.07, 6.45) is 1.22. The van der Waals surface area contributed by atoms with E-state index in [0.29, 0.717) is 31.0 Å². The normalized spacial score (nSPS) is 19.9. The maximum absolute atomic E-state index is 14.3. The van der Waals surface area contributed by atoms with Crippen LogP contribution in [0.3, 0.4) is 0 Å². The standard InChI is InChI=1S/C35H46F5N5O3/c1-4-6-7-8-9-15-44(3)31(47)29-21-34(32(41)48,43-45(29)5-2)28(18-23-16-26(36)20-27(37)17-23)30(46)22-42-33(13-14-33)24-11-10-12-25(19-24)35(38,39)40/h10-12,16-17,19-21,28,30,42-43,46H,4-9,13-15,18,22H2,1-3H3,(H2,41,48)/t28-,30+,34?/m1/s1. The average Bonchev–Trinajstić information content (AvgIpc) is 3.73. The molecule has 264 valence electrons. The van der Waals surface area contributed by atoms with Gasteiger partial charge in [0.1, 0.15) is 22.9 Å². The molecule has 2 aromatic rings. The van der Waals surface area contributed by atoms with E-state index >= 15 is 0 Å². The van der Waals surface area contributed by atoms with Crippen molar-refractivity contribution in [1.29, 1.82) is 0 Å². The van der Waals surface area contributed by atoms with Gasteiger partial charge in [0.05, 0.1) is 11.7 Å². The second-order valence-corrected chi connectivity index (χ2v) is 13.0. The SMILES string of the molecule is CCCCCCCN(C)C(=O)C1=CC(C(N)=O)([C@H](Cc2cc(F)cc(F)c2)[C@@H](O)CNC2(c3cccc(C(F)(F)F)c3)CC2)NN1CC. The van der Waals surface area contributed by atoms with Crippen LogP contribution in [0.15, 0.2) is 54.2 Å². The number of primary amides is 1. The van der Waals surface area contributed by atoms with Gasteiger partial charge in [-0.3, -0.25) is 9.59 Å². The van der Waals surface area contributed by atoms with Crippen molar-refractivity contribution in [1.82, 2.24) is 20.7 Å². The van der Waals surface area contributed by atoms with E-state index in [2.05, 4.69) is 17.7 Å². The van der Waals surface area contributed by atoms with Gasteiger partial charge in [0.2, 0.25) is 5.91 Å². The topological polar surface area (TPSA) is 111 Å². The van der Waals surface area contributed by atoms with Crippen molar-refractivity contribution in [3.8, 4) is 0 Å². The van der Waals surface area contributed by atoms with Gasteiger partial charge in [-0.25, -0.2) is 14.2 Å². The van der Waals surface area contributed by atoms with Crippen LogP contribution in [0.5, 0.6) is 0 Å². The number of hydrazine groups is 1. The molecule has 48 heavy (non-hydrogen) atoms. The molecule has 0 saturated heterocycles. The van der Waals surface area contributed by atoms with Gasteiger partial charge in [0.25, 0.3) is 5.91 Å². The summed E-state index contributed by atoms with van der Waals surface area (Å²) in [7, 11) is 1.66. The maximum atomic E-state index is 14.3. The summed E-state index contributed by atoms with van der Waals surface area (Å²) in [5.41, 5.74) is 6.25. The van der Waals surface area contributed by atoms with Gasteiger partial charge < -0.3 is 26.1 Å². The molecule has 1 aliphatic heterocycles. The third-order valence-corrected chi connectivity index (χ3v) is 9.43. The van der Waals surface area contributed by atoms with Crippen LogP contribution in [0.4, 0.5) is 22.0 Å². The van der Waals surface area contributed by atoms with Crippen molar-refractivity contribution < 1.29 is 36.6 Å². The Hall–Kier alpha value is -3.55. The molecule has 4 rings (SSSR count). The van der Waals surface area contributed by atoms with Crippen LogP contribution in [-0.4, -0.2) is 65.2 Å². The average molecular weight is 680 g/mol. The molecular formula is C35H46F5N5O3. The number of nitrogens with two attached hydrogens (primary N) is 1. The fraction of sp³-hybridized carbons (Fsp3) is 0.543. The van der Waals surface area contributed by atoms with Crippen LogP contribution in [0, 0.1) is 17.6 Å². The van der Waals surface area contributed by atoms with Crippen molar-refractivity contribution in [3.05, 3.63) is 82.6 Å². The highest BCUT2D eigenvalue weighted by atomic mass is 19.4. The first-order valence-corrected chi connectivity index (χ1v) is 16.5. The zero-order valence-corrected chi connectivity index (χ0v) is 27.7. The van der Waals surface area contributed by atoms with Gasteiger partial charge in [-0.1, -0.05) is 44.7 Å². The van der Waals surface area contributed by atoms with Gasteiger partial charge in [-0.2, -0.15) is 13.2 Å². The molecule has 2 amide bonds. The lowest BCUT2D eigenvalue weighted by atomic mass is 9.76. The number of rotatable bonds is 17. The van der Waals surface area contributed by atoms with Crippen molar-refractivity contribution in [2.75, 3.05) is 26.7 Å². The van der Waals surface area contributed by atoms with Crippen LogP contribution in [0.2, 0.25) is 0 Å². The van der Waals surface area contributed by atoms with Crippen molar-refractivity contribution in [2.45, 2.75) is 88.6 Å². The first-order valence-electron chi connectivity index (χ1n) is 16.5. The molecule has 13 heteroatoms. The number of aliphatic hydroxyl groups is 1. The predicted molar refractivity (Wildman–Crippen MR) is 172 cm³/mol. The van der Waals surface area contributed by atoms with Crippen LogP contribution < -0.4 is 16.5 Å². The minimum Gasteiger partial charge on any atom is -0.391 e. The number of halogens is 5. The van der Waals surface area contributed by atoms with Crippen molar-refractivity contribution >= 4 is 11.8 Å². The van der Waals surface area contributed by atoms with Gasteiger partial charge in [-0.05, 0) is 74.1 Å². The molecule has 1 fully saturated rings. The molecule has 0 bridgehead atoms. The summed E-state index contributed by atoms with van der Waals surface area (Å²) in [6, 6.07) is 7.84. The lowest BCUT2D eigenvalue weighted by Crippen LogP contribution is -2.64. The van der Waals surface area contributed by atoms with E-state index in [0.717, 1.165) is 56.4 Å². The number of nitrogens with zero attached hydrogens (tertiary/aromatic N) is 2. The summed E-state index contributed by atoms with van der Waals surface area (Å²) < 4.78 is 69.0. The number of unbranched alkanes of at least 4 members (excludes halogenated alkanes) is 4. The van der Waals surface area contributed by atoms with E-state index in [-0.39, 0.29) is 36.7 Å². The summed E-state index contributed by atoms with van der Waals surface area (Å²) in [6.45, 7) is 4.40. The third-order valence-electron chi connectivity index (χ3n) is 9.43. The quantitative estimate of drug-likeness (QED) is 0.136. The molecule has 0 aromatic heterocycles. The molecule has 1 unspecified atom stereocenters. The molecule has 5 N–H and O–H groups in total. The Labute approximate surface area is 278 Å². The number of carbonyl (C=O) groups is 2. The number of hydrogen-bond donors (Lipinski definition) is 4. The number of aliphatic hydroxyl groups excluding tert-OH is 1. The number of likely N-dealkylation sites (N-methyl/N-ethyl adjacent to an activating group) is 2. The monoisotopic (exact) mass is 679 g/mol. The van der Waals surface area contributed by atoms with E-state index in [1.54, 1.807) is 24.9 Å². The number of carbonyl (C=O) groups excluding carboxylic acids is 2. The minimum absolute atomic E-state index is 0.137. The number of amides is 2. The second kappa shape index (κ2) is 15.3. The predicted octanol–water partition coefficient (Wildman–Crippen LogP) is 5.16. The van der Waals surface area contributed by atoms with Gasteiger partial charge >= 0.3 is 6.18 Å². The number of benzene rings is 2. The van der Waals surface area contributed by atoms with Crippen LogP contribution in [0.1, 0.15) is 75.5 Å². The molecule has 0 spiro atoms. The molecule has 3 atom stereocenters. The molecule has 8 nitrogen and oxygen atoms in total. The molecule has 1 saturated carbocycles. The van der Waals surface area contributed by atoms with Gasteiger partial charge in [0, 0.05) is 44.2 Å². The number of hydrogen-bond acceptors (Lipinski definition) is 6. The maximum Gasteiger partial charge on any atom is 0.416 e. The molecule has 2 aliphatic rings. The Bertz CT molecular complexity index is 1460. The van der Waals surface area contributed by atoms with E-state index in [9.17, 15) is 36.6 Å². The minimum atomic E-state index is -4.53. The van der Waals surface area contributed by atoms with Gasteiger partial charge in [-0.15, -0.1) is 0 Å². The molecular weight excluding hydrogens is 633 g/mol. The van der Waals surface area contributed by atoms with E-state index in [1.807, 2.05) is 0 Å². The summed E-state index contributed by atoms with van der Waals surface area (Å²) in [4.78, 5) is 28.6. The van der Waals surface area contributed by atoms with Gasteiger partial charge in [0.15, 0.2) is 0 Å². The van der Waals surface area contributed by atoms with Crippen molar-refractivity contribution in [2.24, 2.45) is 11.7 Å². The highest BCUT2D eigenvalue weighted by Crippen LogP contribution is 2.47. The second-order valence-electron chi connectivity index (χ2n) is 13.0. The summed E-state index contributed by atoms with van der Waals surface area (Å²) in [5, 5.41) is 16.4. The zero-order chi connectivity index (χ0) is 35.3. The van der Waals surface area contributed by atoms with Crippen LogP contribution in [-0.2, 0) is 27.7 Å². The Balaban J connectivity index is 1.65. The molecule has 2 aromatic carbocycles. The Morgan fingerprint density at radius 1 is 1.06 bits per heavy atom. The lowest BCUT2D eigenvalue weighted by molar-refractivity contribution is -0.137. The Morgan fingerprint density at radius 3 is 2.31 bits per heavy atom. The summed E-state index contributed by atoms with van der Waals surface area (Å²) >= 11 is 0. The van der Waals surface area contributed by atoms with Crippen LogP contribution in [0.25, 0.3) is 0 Å². The fourth-order valence-corrected chi connectivity index (χ4v) is 6.50. The number of nitrogens with one attached hydrogen (secondary N) is 2. The highest BCUT2D eigenvalue weighted by molar-refractivity contribution is 5.97. The lowest BCUT2D eigenvalue weighted by Gasteiger charge is -2.39. The molecule has 1 heterocycles. The smallest absolute Gasteiger partial charge is 0.391 e. The Morgan fingerprint density at radius 2 is 1.73 bits per heavy atom. The van der Waals surface area contributed by atoms with Crippen LogP contribution >= 0.6 is 0 Å². The molecule has 0 radical (unpaired) electrons. The number of alkyl halides is 3. The highest BCUT2D eigenvalue weighted by Gasteiger charge is 2.53. The fourth-order valence-electron chi connectivity index (χ4n) is 6.50. The third kappa shape index (κ3) is 8.53. The largest absolute Gasteiger partial charge is 0.416 e.